The highest BCUT2D eigenvalue weighted by molar-refractivity contribution is 8.01. The number of fused-ring (bicyclic) bond motifs is 2. The number of nitrogens with one attached hydrogen (secondary N) is 2. The number of carbonyl (C=O) groups is 2. The quantitative estimate of drug-likeness (QED) is 0.731. The van der Waals surface area contributed by atoms with Crippen LogP contribution in [0.15, 0.2) is 47.4 Å². The number of nitrogens with zero attached hydrogens (tertiary/aromatic N) is 1. The van der Waals surface area contributed by atoms with Crippen LogP contribution in [0.3, 0.4) is 0 Å². The Morgan fingerprint density at radius 3 is 3.00 bits per heavy atom. The zero-order valence-electron chi connectivity index (χ0n) is 12.8. The van der Waals surface area contributed by atoms with Gasteiger partial charge in [-0.3, -0.25) is 9.59 Å². The van der Waals surface area contributed by atoms with Crippen LogP contribution in [0.5, 0.6) is 0 Å². The number of thiazole rings is 1. The van der Waals surface area contributed by atoms with Gasteiger partial charge in [0.2, 0.25) is 11.8 Å². The third-order valence-electron chi connectivity index (χ3n) is 3.67. The molecule has 3 aromatic rings. The number of halogens is 1. The van der Waals surface area contributed by atoms with Gasteiger partial charge in [-0.1, -0.05) is 23.5 Å². The Kier molecular flexibility index (Phi) is 4.14. The molecule has 1 atom stereocenters. The van der Waals surface area contributed by atoms with E-state index in [2.05, 4.69) is 15.6 Å². The van der Waals surface area contributed by atoms with Gasteiger partial charge in [-0.25, -0.2) is 9.37 Å². The smallest absolute Gasteiger partial charge is 0.238 e. The molecule has 2 N–H and O–H groups in total. The molecule has 4 rings (SSSR count). The zero-order chi connectivity index (χ0) is 17.4. The van der Waals surface area contributed by atoms with Gasteiger partial charge in [0.05, 0.1) is 21.2 Å². The fraction of sp³-hybridized carbons (Fsp3) is 0.118. The molecule has 1 aliphatic rings. The largest absolute Gasteiger partial charge is 0.324 e. The first-order valence-electron chi connectivity index (χ1n) is 7.51. The number of rotatable bonds is 3. The second kappa shape index (κ2) is 6.45. The van der Waals surface area contributed by atoms with Crippen LogP contribution < -0.4 is 10.6 Å². The average molecular weight is 373 g/mol. The van der Waals surface area contributed by atoms with E-state index in [-0.39, 0.29) is 24.1 Å². The molecular formula is C17H12FN3O2S2. The van der Waals surface area contributed by atoms with Crippen LogP contribution in [0.1, 0.15) is 6.42 Å². The van der Waals surface area contributed by atoms with Gasteiger partial charge in [0.15, 0.2) is 5.13 Å². The van der Waals surface area contributed by atoms with Gasteiger partial charge in [0, 0.05) is 11.3 Å². The molecule has 0 bridgehead atoms. The lowest BCUT2D eigenvalue weighted by Gasteiger charge is -2.23. The third kappa shape index (κ3) is 3.35. The Bertz CT molecular complexity index is 989. The van der Waals surface area contributed by atoms with E-state index in [0.29, 0.717) is 15.3 Å². The molecule has 25 heavy (non-hydrogen) atoms. The minimum Gasteiger partial charge on any atom is -0.324 e. The van der Waals surface area contributed by atoms with E-state index in [1.165, 1.54) is 35.2 Å². The van der Waals surface area contributed by atoms with Gasteiger partial charge in [0.1, 0.15) is 5.82 Å². The fourth-order valence-electron chi connectivity index (χ4n) is 2.52. The SMILES string of the molecule is O=C(C[C@H]1Sc2ccccc2NC1=O)Nc1nc2ccc(F)cc2s1. The minimum absolute atomic E-state index is 0.0368. The summed E-state index contributed by atoms with van der Waals surface area (Å²) in [7, 11) is 0. The predicted molar refractivity (Wildman–Crippen MR) is 97.5 cm³/mol. The average Bonchev–Trinajstić information content (AvgIpc) is 2.96. The maximum atomic E-state index is 13.2. The lowest BCUT2D eigenvalue weighted by molar-refractivity contribution is -0.120. The van der Waals surface area contributed by atoms with Crippen molar-refractivity contribution in [2.45, 2.75) is 16.6 Å². The molecule has 1 aliphatic heterocycles. The van der Waals surface area contributed by atoms with Crippen LogP contribution in [0.4, 0.5) is 15.2 Å². The third-order valence-corrected chi connectivity index (χ3v) is 5.88. The normalized spacial score (nSPS) is 16.4. The van der Waals surface area contributed by atoms with Gasteiger partial charge < -0.3 is 10.6 Å². The van der Waals surface area contributed by atoms with E-state index in [9.17, 15) is 14.0 Å². The summed E-state index contributed by atoms with van der Waals surface area (Å²) >= 11 is 2.57. The standard InChI is InChI=1S/C17H12FN3O2S2/c18-9-5-6-11-13(7-9)25-17(20-11)21-15(22)8-14-16(23)19-10-3-1-2-4-12(10)24-14/h1-7,14H,8H2,(H,19,23)(H,20,21,22)/t14-/m1/s1. The van der Waals surface area contributed by atoms with Crippen molar-refractivity contribution in [1.82, 2.24) is 4.98 Å². The first kappa shape index (κ1) is 16.0. The Morgan fingerprint density at radius 2 is 2.12 bits per heavy atom. The molecular weight excluding hydrogens is 361 g/mol. The van der Waals surface area contributed by atoms with Crippen molar-refractivity contribution in [3.63, 3.8) is 0 Å². The second-order valence-electron chi connectivity index (χ2n) is 5.48. The molecule has 126 valence electrons. The highest BCUT2D eigenvalue weighted by Crippen LogP contribution is 2.36. The van der Waals surface area contributed by atoms with Crippen molar-refractivity contribution in [3.05, 3.63) is 48.3 Å². The molecule has 0 saturated heterocycles. The van der Waals surface area contributed by atoms with Crippen LogP contribution >= 0.6 is 23.1 Å². The number of para-hydroxylation sites is 1. The number of aromatic nitrogens is 1. The zero-order valence-corrected chi connectivity index (χ0v) is 14.4. The number of carbonyl (C=O) groups excluding carboxylic acids is 2. The summed E-state index contributed by atoms with van der Waals surface area (Å²) in [5.41, 5.74) is 1.39. The van der Waals surface area contributed by atoms with E-state index in [1.807, 2.05) is 24.3 Å². The number of hydrogen-bond acceptors (Lipinski definition) is 5. The van der Waals surface area contributed by atoms with Crippen LogP contribution in [0, 0.1) is 5.82 Å². The number of thioether (sulfide) groups is 1. The number of amides is 2. The number of benzene rings is 2. The Labute approximate surface area is 150 Å². The van der Waals surface area contributed by atoms with Gasteiger partial charge in [-0.15, -0.1) is 11.8 Å². The number of anilines is 2. The summed E-state index contributed by atoms with van der Waals surface area (Å²) in [4.78, 5) is 29.6. The molecule has 2 aromatic carbocycles. The summed E-state index contributed by atoms with van der Waals surface area (Å²) in [6, 6.07) is 11.8. The van der Waals surface area contributed by atoms with E-state index in [1.54, 1.807) is 6.07 Å². The molecule has 0 fully saturated rings. The summed E-state index contributed by atoms with van der Waals surface area (Å²) in [5.74, 6) is -0.834. The van der Waals surface area contributed by atoms with Gasteiger partial charge >= 0.3 is 0 Å². The van der Waals surface area contributed by atoms with E-state index in [0.717, 1.165) is 10.6 Å². The van der Waals surface area contributed by atoms with Crippen molar-refractivity contribution in [1.29, 1.82) is 0 Å². The lowest BCUT2D eigenvalue weighted by Crippen LogP contribution is -2.32. The molecule has 8 heteroatoms. The van der Waals surface area contributed by atoms with Crippen LogP contribution in [0.25, 0.3) is 10.2 Å². The Morgan fingerprint density at radius 1 is 1.28 bits per heavy atom. The summed E-state index contributed by atoms with van der Waals surface area (Å²) in [5, 5.41) is 5.40. The molecule has 2 amide bonds. The van der Waals surface area contributed by atoms with Crippen molar-refractivity contribution in [2.24, 2.45) is 0 Å². The maximum absolute atomic E-state index is 13.2. The summed E-state index contributed by atoms with van der Waals surface area (Å²) < 4.78 is 13.9. The lowest BCUT2D eigenvalue weighted by atomic mass is 10.2. The second-order valence-corrected chi connectivity index (χ2v) is 7.75. The first-order valence-corrected chi connectivity index (χ1v) is 9.20. The highest BCUT2D eigenvalue weighted by atomic mass is 32.2. The molecule has 5 nitrogen and oxygen atoms in total. The highest BCUT2D eigenvalue weighted by Gasteiger charge is 2.29. The molecule has 0 radical (unpaired) electrons. The van der Waals surface area contributed by atoms with Crippen LogP contribution in [0.2, 0.25) is 0 Å². The summed E-state index contributed by atoms with van der Waals surface area (Å²) in [6.45, 7) is 0. The van der Waals surface area contributed by atoms with Crippen LogP contribution in [-0.2, 0) is 9.59 Å². The van der Waals surface area contributed by atoms with E-state index >= 15 is 0 Å². The molecule has 0 saturated carbocycles. The fourth-order valence-corrected chi connectivity index (χ4v) is 4.53. The molecule has 0 spiro atoms. The van der Waals surface area contributed by atoms with Crippen LogP contribution in [-0.4, -0.2) is 22.0 Å². The van der Waals surface area contributed by atoms with E-state index < -0.39 is 5.25 Å². The Hall–Kier alpha value is -2.45. The summed E-state index contributed by atoms with van der Waals surface area (Å²) in [6.07, 6.45) is 0.0368. The maximum Gasteiger partial charge on any atom is 0.238 e. The van der Waals surface area contributed by atoms with Gasteiger partial charge in [-0.2, -0.15) is 0 Å². The monoisotopic (exact) mass is 373 g/mol. The van der Waals surface area contributed by atoms with Gasteiger partial charge in [0.25, 0.3) is 0 Å². The number of hydrogen-bond donors (Lipinski definition) is 2. The Balaban J connectivity index is 1.45. The predicted octanol–water partition coefficient (Wildman–Crippen LogP) is 3.88. The van der Waals surface area contributed by atoms with Crippen molar-refractivity contribution in [3.8, 4) is 0 Å². The van der Waals surface area contributed by atoms with Gasteiger partial charge in [-0.05, 0) is 30.3 Å². The van der Waals surface area contributed by atoms with Crippen molar-refractivity contribution < 1.29 is 14.0 Å². The van der Waals surface area contributed by atoms with E-state index in [4.69, 9.17) is 0 Å². The molecule has 1 aromatic heterocycles. The molecule has 2 heterocycles. The molecule has 0 unspecified atom stereocenters. The first-order chi connectivity index (χ1) is 12.1. The minimum atomic E-state index is -0.498. The van der Waals surface area contributed by atoms with Crippen molar-refractivity contribution in [2.75, 3.05) is 10.6 Å². The van der Waals surface area contributed by atoms with Crippen molar-refractivity contribution >= 4 is 55.9 Å². The topological polar surface area (TPSA) is 71.1 Å². The molecule has 0 aliphatic carbocycles.